The van der Waals surface area contributed by atoms with Crippen LogP contribution in [0.2, 0.25) is 0 Å². The van der Waals surface area contributed by atoms with Crippen LogP contribution in [0, 0.1) is 0 Å². The van der Waals surface area contributed by atoms with Crippen LogP contribution in [0.25, 0.3) is 11.1 Å². The Hall–Kier alpha value is -2.60. The summed E-state index contributed by atoms with van der Waals surface area (Å²) in [6.07, 6.45) is 5.67. The molecule has 0 bridgehead atoms. The van der Waals surface area contributed by atoms with Crippen molar-refractivity contribution in [3.63, 3.8) is 0 Å². The molecule has 1 saturated heterocycles. The second-order valence-electron chi connectivity index (χ2n) is 10.3. The minimum absolute atomic E-state index is 0.0452. The number of benzene rings is 1. The van der Waals surface area contributed by atoms with Gasteiger partial charge in [0.2, 0.25) is 0 Å². The average molecular weight is 439 g/mol. The highest BCUT2D eigenvalue weighted by Gasteiger charge is 2.39. The van der Waals surface area contributed by atoms with Gasteiger partial charge >= 0.3 is 6.09 Å². The Kier molecular flexibility index (Phi) is 5.93. The molecule has 6 nitrogen and oxygen atoms in total. The van der Waals surface area contributed by atoms with Gasteiger partial charge in [-0.05, 0) is 76.1 Å². The smallest absolute Gasteiger partial charge is 0.410 e. The number of cyclic esters (lactones) is 1. The summed E-state index contributed by atoms with van der Waals surface area (Å²) in [6.45, 7) is 8.01. The molecule has 1 aliphatic carbocycles. The molecule has 1 N–H and O–H groups in total. The summed E-state index contributed by atoms with van der Waals surface area (Å²) in [4.78, 5) is 27.1. The zero-order valence-electron chi connectivity index (χ0n) is 19.5. The molecule has 0 unspecified atom stereocenters. The predicted octanol–water partition coefficient (Wildman–Crippen LogP) is 5.06. The van der Waals surface area contributed by atoms with E-state index in [9.17, 15) is 14.7 Å². The van der Waals surface area contributed by atoms with E-state index >= 15 is 0 Å². The van der Waals surface area contributed by atoms with E-state index in [2.05, 4.69) is 0 Å². The highest BCUT2D eigenvalue weighted by Crippen LogP contribution is 2.35. The Morgan fingerprint density at radius 1 is 1.16 bits per heavy atom. The molecule has 172 valence electrons. The maximum absolute atomic E-state index is 12.9. The van der Waals surface area contributed by atoms with Crippen molar-refractivity contribution in [2.75, 3.05) is 6.54 Å². The largest absolute Gasteiger partial charge is 0.443 e. The van der Waals surface area contributed by atoms with E-state index in [0.717, 1.165) is 42.4 Å². The molecule has 4 rings (SSSR count). The van der Waals surface area contributed by atoms with Gasteiger partial charge in [-0.25, -0.2) is 4.79 Å². The first kappa shape index (κ1) is 22.6. The number of hydrogen-bond acceptors (Lipinski definition) is 4. The van der Waals surface area contributed by atoms with Gasteiger partial charge < -0.3 is 19.3 Å². The van der Waals surface area contributed by atoms with Gasteiger partial charge in [-0.3, -0.25) is 4.79 Å². The first-order valence-corrected chi connectivity index (χ1v) is 11.6. The SMILES string of the molecule is C[C@@H](c1ccc(-c2ccn(C3CC3)c(=O)c2)cc1)N1CCC[C@@](C)(CC(C)(C)O)OC1=O. The van der Waals surface area contributed by atoms with Crippen molar-refractivity contribution in [2.45, 2.75) is 83.1 Å². The lowest BCUT2D eigenvalue weighted by atomic mass is 9.87. The number of nitrogens with zero attached hydrogens (tertiary/aromatic N) is 2. The van der Waals surface area contributed by atoms with Crippen molar-refractivity contribution in [2.24, 2.45) is 0 Å². The lowest BCUT2D eigenvalue weighted by molar-refractivity contribution is -0.0514. The molecule has 2 fully saturated rings. The van der Waals surface area contributed by atoms with Crippen LogP contribution in [0.3, 0.4) is 0 Å². The average Bonchev–Trinajstić information content (AvgIpc) is 3.54. The maximum atomic E-state index is 12.9. The van der Waals surface area contributed by atoms with Crippen LogP contribution >= 0.6 is 0 Å². The van der Waals surface area contributed by atoms with Gasteiger partial charge in [0.1, 0.15) is 5.60 Å². The standard InChI is InChI=1S/C26H34N2O4/c1-18(27-14-5-13-26(4,32-24(27)30)17-25(2,3)31)19-6-8-20(9-7-19)21-12-15-28(22-10-11-22)23(29)16-21/h6-9,12,15-16,18,22,31H,5,10-11,13-14,17H2,1-4H3/t18-,26-/m0/s1. The topological polar surface area (TPSA) is 71.8 Å². The third-order valence-corrected chi connectivity index (χ3v) is 6.56. The molecule has 2 aliphatic rings. The summed E-state index contributed by atoms with van der Waals surface area (Å²) in [6, 6.07) is 12.0. The minimum atomic E-state index is -0.898. The van der Waals surface area contributed by atoms with Crippen LogP contribution in [0.5, 0.6) is 0 Å². The van der Waals surface area contributed by atoms with E-state index in [4.69, 9.17) is 4.74 Å². The Morgan fingerprint density at radius 3 is 2.44 bits per heavy atom. The van der Waals surface area contributed by atoms with E-state index < -0.39 is 11.2 Å². The van der Waals surface area contributed by atoms with Gasteiger partial charge in [0.25, 0.3) is 5.56 Å². The fourth-order valence-electron chi connectivity index (χ4n) is 4.88. The molecule has 1 aromatic heterocycles. The van der Waals surface area contributed by atoms with E-state index in [1.165, 1.54) is 0 Å². The van der Waals surface area contributed by atoms with Crippen LogP contribution in [-0.4, -0.2) is 38.4 Å². The van der Waals surface area contributed by atoms with Gasteiger partial charge in [-0.1, -0.05) is 24.3 Å². The molecule has 2 atom stereocenters. The Labute approximate surface area is 189 Å². The molecule has 2 heterocycles. The van der Waals surface area contributed by atoms with E-state index in [0.29, 0.717) is 19.0 Å². The molecule has 6 heteroatoms. The summed E-state index contributed by atoms with van der Waals surface area (Å²) < 4.78 is 7.68. The monoisotopic (exact) mass is 438 g/mol. The van der Waals surface area contributed by atoms with Crippen LogP contribution in [0.1, 0.15) is 77.4 Å². The number of amides is 1. The summed E-state index contributed by atoms with van der Waals surface area (Å²) in [5, 5.41) is 10.2. The summed E-state index contributed by atoms with van der Waals surface area (Å²) in [5.74, 6) is 0. The minimum Gasteiger partial charge on any atom is -0.443 e. The highest BCUT2D eigenvalue weighted by molar-refractivity contribution is 5.69. The fraction of sp³-hybridized carbons (Fsp3) is 0.538. The lowest BCUT2D eigenvalue weighted by Gasteiger charge is -2.34. The third-order valence-electron chi connectivity index (χ3n) is 6.56. The van der Waals surface area contributed by atoms with Gasteiger partial charge in [0.15, 0.2) is 0 Å². The van der Waals surface area contributed by atoms with Gasteiger partial charge in [-0.15, -0.1) is 0 Å². The Morgan fingerprint density at radius 2 is 1.84 bits per heavy atom. The summed E-state index contributed by atoms with van der Waals surface area (Å²) in [7, 11) is 0. The fourth-order valence-corrected chi connectivity index (χ4v) is 4.88. The van der Waals surface area contributed by atoms with Gasteiger partial charge in [-0.2, -0.15) is 0 Å². The second kappa shape index (κ2) is 8.39. The second-order valence-corrected chi connectivity index (χ2v) is 10.3. The Balaban J connectivity index is 1.47. The number of ether oxygens (including phenoxy) is 1. The van der Waals surface area contributed by atoms with Crippen molar-refractivity contribution in [1.29, 1.82) is 0 Å². The van der Waals surface area contributed by atoms with Crippen molar-refractivity contribution in [1.82, 2.24) is 9.47 Å². The quantitative estimate of drug-likeness (QED) is 0.684. The number of pyridine rings is 1. The normalized spacial score (nSPS) is 22.9. The molecular formula is C26H34N2O4. The third kappa shape index (κ3) is 5.07. The molecule has 0 radical (unpaired) electrons. The van der Waals surface area contributed by atoms with Crippen molar-refractivity contribution < 1.29 is 14.6 Å². The molecule has 1 amide bonds. The van der Waals surface area contributed by atoms with Crippen LogP contribution < -0.4 is 5.56 Å². The molecule has 2 aromatic rings. The van der Waals surface area contributed by atoms with Crippen molar-refractivity contribution >= 4 is 6.09 Å². The summed E-state index contributed by atoms with van der Waals surface area (Å²) >= 11 is 0. The van der Waals surface area contributed by atoms with Gasteiger partial charge in [0.05, 0.1) is 11.6 Å². The highest BCUT2D eigenvalue weighted by atomic mass is 16.6. The van der Waals surface area contributed by atoms with E-state index in [1.54, 1.807) is 24.8 Å². The maximum Gasteiger partial charge on any atom is 0.410 e. The van der Waals surface area contributed by atoms with E-state index in [-0.39, 0.29) is 17.7 Å². The number of carbonyl (C=O) groups excluding carboxylic acids is 1. The Bertz CT molecular complexity index is 1030. The van der Waals surface area contributed by atoms with Gasteiger partial charge in [0, 0.05) is 31.3 Å². The van der Waals surface area contributed by atoms with Crippen molar-refractivity contribution in [3.05, 3.63) is 58.5 Å². The van der Waals surface area contributed by atoms with Crippen LogP contribution in [0.15, 0.2) is 47.4 Å². The first-order valence-electron chi connectivity index (χ1n) is 11.6. The molecule has 32 heavy (non-hydrogen) atoms. The summed E-state index contributed by atoms with van der Waals surface area (Å²) in [5.41, 5.74) is 1.38. The molecule has 1 aromatic carbocycles. The van der Waals surface area contributed by atoms with E-state index in [1.807, 2.05) is 54.9 Å². The number of rotatable bonds is 6. The number of aromatic nitrogens is 1. The zero-order valence-corrected chi connectivity index (χ0v) is 19.5. The van der Waals surface area contributed by atoms with Crippen LogP contribution in [0.4, 0.5) is 4.79 Å². The molecule has 1 saturated carbocycles. The van der Waals surface area contributed by atoms with Crippen molar-refractivity contribution in [3.8, 4) is 11.1 Å². The number of aliphatic hydroxyl groups is 1. The first-order chi connectivity index (χ1) is 15.0. The molecular weight excluding hydrogens is 404 g/mol. The number of carbonyl (C=O) groups is 1. The number of hydrogen-bond donors (Lipinski definition) is 1. The zero-order chi connectivity index (χ0) is 23.1. The lowest BCUT2D eigenvalue weighted by Crippen LogP contribution is -2.41. The van der Waals surface area contributed by atoms with Crippen LogP contribution in [-0.2, 0) is 4.74 Å². The molecule has 1 aliphatic heterocycles. The molecule has 0 spiro atoms. The predicted molar refractivity (Wildman–Crippen MR) is 125 cm³/mol.